The van der Waals surface area contributed by atoms with Crippen molar-refractivity contribution < 1.29 is 19.1 Å². The number of rotatable bonds is 16. The van der Waals surface area contributed by atoms with Crippen molar-refractivity contribution in [3.8, 4) is 0 Å². The van der Waals surface area contributed by atoms with Crippen molar-refractivity contribution in [1.82, 2.24) is 19.9 Å². The minimum atomic E-state index is -0.738. The highest BCUT2D eigenvalue weighted by molar-refractivity contribution is 5.95. The minimum Gasteiger partial charge on any atom is -0.460 e. The molecule has 5 heterocycles. The first-order valence-corrected chi connectivity index (χ1v) is 22.0. The molecular weight excluding hydrogens is 773 g/mol. The zero-order valence-electron chi connectivity index (χ0n) is 37.0. The fraction of sp³-hybridized carbons (Fsp3) is 0.346. The number of carbonyl (C=O) groups is 2. The number of esters is 2. The summed E-state index contributed by atoms with van der Waals surface area (Å²) in [5, 5.41) is 0. The standard InChI is InChI=1S/C52H60N6O4/c1-7-37-31(3)43-25-44-33(5)39(21-15-23-41(53)51(59)61-29-35-17-11-9-12-18-35)49(57-44)28-50-40(22-16-24-42(54)52(60)62-30-36-19-13-10-14-20-36)34(6)46(58-50)27-48-38(8-2)32(4)45(56-48)26-47(37)55-43/h9-14,17-20,25-28,41-42,56-57H,7-8,15-16,21-24,29-30,53-54H2,1-6H3. The quantitative estimate of drug-likeness (QED) is 0.0714. The van der Waals surface area contributed by atoms with E-state index in [1.54, 1.807) is 0 Å². The number of nitrogens with zero attached hydrogens (tertiary/aromatic N) is 2. The van der Waals surface area contributed by atoms with Crippen molar-refractivity contribution in [2.24, 2.45) is 11.5 Å². The first kappa shape index (κ1) is 44.0. The summed E-state index contributed by atoms with van der Waals surface area (Å²) in [4.78, 5) is 43.9. The van der Waals surface area contributed by atoms with Crippen molar-refractivity contribution in [2.75, 3.05) is 0 Å². The number of aromatic nitrogens is 4. The fourth-order valence-corrected chi connectivity index (χ4v) is 8.66. The maximum absolute atomic E-state index is 12.9. The van der Waals surface area contributed by atoms with Crippen LogP contribution in [0.1, 0.15) is 122 Å². The van der Waals surface area contributed by atoms with Gasteiger partial charge in [-0.1, -0.05) is 74.5 Å². The number of nitrogens with one attached hydrogen (secondary N) is 2. The molecule has 0 saturated carbocycles. The Bertz CT molecular complexity index is 2670. The molecule has 10 nitrogen and oxygen atoms in total. The van der Waals surface area contributed by atoms with Crippen LogP contribution in [0.15, 0.2) is 84.9 Å². The van der Waals surface area contributed by atoms with E-state index in [-0.39, 0.29) is 13.2 Å². The number of nitrogens with two attached hydrogens (primary N) is 2. The molecule has 0 amide bonds. The number of fused-ring (bicyclic) bond motifs is 8. The second-order valence-electron chi connectivity index (χ2n) is 16.6. The molecular formula is C52H60N6O4. The number of ether oxygens (including phenoxy) is 2. The highest BCUT2D eigenvalue weighted by Crippen LogP contribution is 2.37. The van der Waals surface area contributed by atoms with Crippen LogP contribution in [0.2, 0.25) is 0 Å². The van der Waals surface area contributed by atoms with E-state index in [4.69, 9.17) is 30.9 Å². The zero-order valence-corrected chi connectivity index (χ0v) is 37.0. The van der Waals surface area contributed by atoms with Gasteiger partial charge in [0.15, 0.2) is 0 Å². The maximum Gasteiger partial charge on any atom is 0.323 e. The Hall–Kier alpha value is -6.10. The Balaban J connectivity index is 1.25. The smallest absolute Gasteiger partial charge is 0.323 e. The van der Waals surface area contributed by atoms with E-state index in [0.717, 1.165) is 96.7 Å². The van der Waals surface area contributed by atoms with Crippen molar-refractivity contribution >= 4 is 56.3 Å². The van der Waals surface area contributed by atoms with E-state index in [1.165, 1.54) is 16.7 Å². The molecule has 62 heavy (non-hydrogen) atoms. The van der Waals surface area contributed by atoms with Gasteiger partial charge >= 0.3 is 11.9 Å². The molecule has 2 aromatic carbocycles. The molecule has 0 saturated heterocycles. The molecule has 0 fully saturated rings. The molecule has 322 valence electrons. The van der Waals surface area contributed by atoms with Crippen LogP contribution in [0.25, 0.3) is 44.4 Å². The number of aryl methyl sites for hydroxylation is 4. The summed E-state index contributed by atoms with van der Waals surface area (Å²) >= 11 is 0. The van der Waals surface area contributed by atoms with Crippen LogP contribution in [0.4, 0.5) is 0 Å². The predicted molar refractivity (Wildman–Crippen MR) is 250 cm³/mol. The molecule has 8 bridgehead atoms. The average molecular weight is 833 g/mol. The molecule has 2 aliphatic heterocycles. The van der Waals surface area contributed by atoms with Gasteiger partial charge in [-0.3, -0.25) is 9.59 Å². The molecule has 6 N–H and O–H groups in total. The number of allylic oxidation sites excluding steroid dienone is 4. The molecule has 2 aliphatic rings. The number of carbonyl (C=O) groups excluding carboxylic acids is 2. The summed E-state index contributed by atoms with van der Waals surface area (Å²) in [5.74, 6) is -0.808. The van der Waals surface area contributed by atoms with Crippen molar-refractivity contribution in [2.45, 2.75) is 118 Å². The highest BCUT2D eigenvalue weighted by Gasteiger charge is 2.23. The number of hydrogen-bond acceptors (Lipinski definition) is 8. The van der Waals surface area contributed by atoms with E-state index in [1.807, 2.05) is 60.7 Å². The monoisotopic (exact) mass is 832 g/mol. The Morgan fingerprint density at radius 3 is 1.53 bits per heavy atom. The third-order valence-corrected chi connectivity index (χ3v) is 12.4. The van der Waals surface area contributed by atoms with Crippen LogP contribution < -0.4 is 11.5 Å². The van der Waals surface area contributed by atoms with Gasteiger partial charge in [0.05, 0.1) is 22.8 Å². The molecule has 2 atom stereocenters. The molecule has 0 aliphatic carbocycles. The fourth-order valence-electron chi connectivity index (χ4n) is 8.66. The molecule has 10 heteroatoms. The summed E-state index contributed by atoms with van der Waals surface area (Å²) in [6, 6.07) is 26.5. The lowest BCUT2D eigenvalue weighted by Crippen LogP contribution is -2.32. The number of hydrogen-bond donors (Lipinski definition) is 4. The largest absolute Gasteiger partial charge is 0.460 e. The van der Waals surface area contributed by atoms with E-state index in [2.05, 4.69) is 75.8 Å². The summed E-state index contributed by atoms with van der Waals surface area (Å²) in [6.07, 6.45) is 5.39. The third kappa shape index (κ3) is 9.83. The van der Waals surface area contributed by atoms with Crippen LogP contribution in [0.5, 0.6) is 0 Å². The molecule has 3 aromatic heterocycles. The first-order valence-electron chi connectivity index (χ1n) is 22.0. The van der Waals surface area contributed by atoms with Crippen LogP contribution in [0, 0.1) is 13.8 Å². The third-order valence-electron chi connectivity index (χ3n) is 12.4. The lowest BCUT2D eigenvalue weighted by molar-refractivity contribution is -0.147. The average Bonchev–Trinajstić information content (AvgIpc) is 3.94. The Morgan fingerprint density at radius 1 is 0.565 bits per heavy atom. The molecule has 5 aromatic rings. The second-order valence-corrected chi connectivity index (χ2v) is 16.6. The van der Waals surface area contributed by atoms with Crippen molar-refractivity contribution in [3.05, 3.63) is 141 Å². The van der Waals surface area contributed by atoms with Gasteiger partial charge in [0.2, 0.25) is 0 Å². The van der Waals surface area contributed by atoms with Gasteiger partial charge < -0.3 is 30.9 Å². The second kappa shape index (κ2) is 19.7. The SMILES string of the molecule is CCC1=C(C)c2cc3[nH]c(cc4nc(cc5[nH]c(cc1n2)c(C)c5CC)C(C)=C4CCCC(N)C(=O)OCc1ccccc1)c(CCCC(N)C(=O)OCc1ccccc1)c3C. The zero-order chi connectivity index (χ0) is 43.9. The Kier molecular flexibility index (Phi) is 14.0. The van der Waals surface area contributed by atoms with Crippen LogP contribution in [0.3, 0.4) is 0 Å². The summed E-state index contributed by atoms with van der Waals surface area (Å²) in [7, 11) is 0. The minimum absolute atomic E-state index is 0.193. The van der Waals surface area contributed by atoms with Gasteiger partial charge in [-0.05, 0) is 159 Å². The van der Waals surface area contributed by atoms with E-state index < -0.39 is 24.0 Å². The molecule has 0 radical (unpaired) electrons. The number of aromatic amines is 2. The molecule has 0 spiro atoms. The van der Waals surface area contributed by atoms with Crippen molar-refractivity contribution in [3.63, 3.8) is 0 Å². The Morgan fingerprint density at radius 2 is 1.00 bits per heavy atom. The topological polar surface area (TPSA) is 162 Å². The normalized spacial score (nSPS) is 13.7. The van der Waals surface area contributed by atoms with Crippen LogP contribution in [-0.4, -0.2) is 44.0 Å². The maximum atomic E-state index is 12.9. The summed E-state index contributed by atoms with van der Waals surface area (Å²) in [6.45, 7) is 13.4. The Labute approximate surface area is 364 Å². The molecule has 7 rings (SSSR count). The summed E-state index contributed by atoms with van der Waals surface area (Å²) < 4.78 is 11.1. The van der Waals surface area contributed by atoms with E-state index >= 15 is 0 Å². The van der Waals surface area contributed by atoms with Gasteiger partial charge in [0.1, 0.15) is 25.3 Å². The van der Waals surface area contributed by atoms with Crippen LogP contribution in [-0.2, 0) is 45.1 Å². The van der Waals surface area contributed by atoms with Gasteiger partial charge in [0, 0.05) is 22.1 Å². The lowest BCUT2D eigenvalue weighted by atomic mass is 9.98. The van der Waals surface area contributed by atoms with Crippen molar-refractivity contribution in [1.29, 1.82) is 0 Å². The highest BCUT2D eigenvalue weighted by atomic mass is 16.5. The van der Waals surface area contributed by atoms with E-state index in [0.29, 0.717) is 38.5 Å². The first-order chi connectivity index (χ1) is 29.9. The number of H-pyrrole nitrogens is 2. The van der Waals surface area contributed by atoms with E-state index in [9.17, 15) is 9.59 Å². The predicted octanol–water partition coefficient (Wildman–Crippen LogP) is 10.4. The van der Waals surface area contributed by atoms with Crippen LogP contribution >= 0.6 is 0 Å². The van der Waals surface area contributed by atoms with Gasteiger partial charge in [0.25, 0.3) is 0 Å². The van der Waals surface area contributed by atoms with Gasteiger partial charge in [-0.15, -0.1) is 0 Å². The summed E-state index contributed by atoms with van der Waals surface area (Å²) in [5.41, 5.74) is 31.6. The molecule has 2 unspecified atom stereocenters. The lowest BCUT2D eigenvalue weighted by Gasteiger charge is -2.12. The van der Waals surface area contributed by atoms with Gasteiger partial charge in [-0.25, -0.2) is 9.97 Å². The van der Waals surface area contributed by atoms with Gasteiger partial charge in [-0.2, -0.15) is 0 Å². The number of benzene rings is 2.